The summed E-state index contributed by atoms with van der Waals surface area (Å²) in [5, 5.41) is 0. The first-order chi connectivity index (χ1) is 8.91. The molecule has 1 heterocycles. The molecule has 0 radical (unpaired) electrons. The first-order valence-corrected chi connectivity index (χ1v) is 7.00. The van der Waals surface area contributed by atoms with Crippen molar-refractivity contribution in [3.05, 3.63) is 50.3 Å². The number of hydrogen-bond acceptors (Lipinski definition) is 2. The zero-order valence-corrected chi connectivity index (χ0v) is 12.9. The molecule has 0 saturated heterocycles. The molecule has 1 aromatic heterocycles. The maximum Gasteiger partial charge on any atom is 0.290 e. The summed E-state index contributed by atoms with van der Waals surface area (Å²) in [7, 11) is 1.88. The van der Waals surface area contributed by atoms with Gasteiger partial charge in [0.15, 0.2) is 0 Å². The minimum Gasteiger partial charge on any atom is -0.393 e. The quantitative estimate of drug-likeness (QED) is 0.944. The highest BCUT2D eigenvalue weighted by Gasteiger charge is 2.17. The Balaban J connectivity index is 2.47. The van der Waals surface area contributed by atoms with Crippen LogP contribution in [0.15, 0.2) is 33.5 Å². The van der Waals surface area contributed by atoms with E-state index in [0.29, 0.717) is 12.2 Å². The van der Waals surface area contributed by atoms with Gasteiger partial charge in [0, 0.05) is 11.5 Å². The Morgan fingerprint density at radius 3 is 2.58 bits per heavy atom. The fourth-order valence-corrected chi connectivity index (χ4v) is 2.81. The molecule has 0 saturated carbocycles. The van der Waals surface area contributed by atoms with Crippen molar-refractivity contribution < 1.29 is 0 Å². The van der Waals surface area contributed by atoms with E-state index in [2.05, 4.69) is 15.9 Å². The normalized spacial score (nSPS) is 11.2. The summed E-state index contributed by atoms with van der Waals surface area (Å²) < 4.78 is 4.54. The van der Waals surface area contributed by atoms with Gasteiger partial charge in [-0.15, -0.1) is 0 Å². The van der Waals surface area contributed by atoms with E-state index >= 15 is 0 Å². The topological polar surface area (TPSA) is 53.0 Å². The minimum absolute atomic E-state index is 0.119. The number of benzene rings is 1. The molecule has 2 aromatic rings. The van der Waals surface area contributed by atoms with Gasteiger partial charge < -0.3 is 5.73 Å². The number of rotatable bonds is 3. The summed E-state index contributed by atoms with van der Waals surface area (Å²) in [6.07, 6.45) is 0. The second kappa shape index (κ2) is 5.25. The number of aromatic nitrogens is 2. The van der Waals surface area contributed by atoms with Crippen LogP contribution in [0.2, 0.25) is 0 Å². The van der Waals surface area contributed by atoms with Crippen molar-refractivity contribution in [3.63, 3.8) is 0 Å². The minimum atomic E-state index is -0.119. The van der Waals surface area contributed by atoms with Gasteiger partial charge in [-0.1, -0.05) is 41.9 Å². The highest BCUT2D eigenvalue weighted by atomic mass is 79.9. The Labute approximate surface area is 120 Å². The fourth-order valence-electron chi connectivity index (χ4n) is 2.36. The number of nitrogens with zero attached hydrogens (tertiary/aromatic N) is 2. The van der Waals surface area contributed by atoms with Crippen LogP contribution in [0.3, 0.4) is 0 Å². The first kappa shape index (κ1) is 13.9. The molecule has 102 valence electrons. The lowest BCUT2D eigenvalue weighted by atomic mass is 10.1. The predicted molar refractivity (Wildman–Crippen MR) is 81.4 cm³/mol. The third-order valence-corrected chi connectivity index (χ3v) is 3.71. The molecule has 0 spiro atoms. The second-order valence-corrected chi connectivity index (χ2v) is 5.89. The van der Waals surface area contributed by atoms with Gasteiger partial charge in [-0.25, -0.2) is 4.68 Å². The Kier molecular flexibility index (Phi) is 3.85. The van der Waals surface area contributed by atoms with Gasteiger partial charge in [0.2, 0.25) is 0 Å². The van der Waals surface area contributed by atoms with Crippen LogP contribution in [-0.4, -0.2) is 9.36 Å². The van der Waals surface area contributed by atoms with Crippen LogP contribution in [0.25, 0.3) is 0 Å². The van der Waals surface area contributed by atoms with E-state index in [1.165, 1.54) is 0 Å². The lowest BCUT2D eigenvalue weighted by Gasteiger charge is -2.12. The zero-order valence-electron chi connectivity index (χ0n) is 11.4. The molecule has 4 nitrogen and oxygen atoms in total. The highest BCUT2D eigenvalue weighted by Crippen LogP contribution is 2.19. The van der Waals surface area contributed by atoms with Crippen LogP contribution in [0.4, 0.5) is 5.69 Å². The van der Waals surface area contributed by atoms with Crippen molar-refractivity contribution in [2.45, 2.75) is 26.3 Å². The predicted octanol–water partition coefficient (Wildman–Crippen LogP) is 2.70. The summed E-state index contributed by atoms with van der Waals surface area (Å²) in [5.41, 5.74) is 8.11. The third-order valence-electron chi connectivity index (χ3n) is 3.22. The van der Waals surface area contributed by atoms with E-state index in [4.69, 9.17) is 5.73 Å². The number of halogens is 1. The van der Waals surface area contributed by atoms with Gasteiger partial charge in [0.25, 0.3) is 5.56 Å². The van der Waals surface area contributed by atoms with E-state index in [1.807, 2.05) is 49.8 Å². The monoisotopic (exact) mass is 323 g/mol. The summed E-state index contributed by atoms with van der Waals surface area (Å²) in [4.78, 5) is 12.2. The Bertz CT molecular complexity index is 655. The average molecular weight is 324 g/mol. The first-order valence-electron chi connectivity index (χ1n) is 6.21. The van der Waals surface area contributed by atoms with Crippen LogP contribution < -0.4 is 11.3 Å². The van der Waals surface area contributed by atoms with Crippen LogP contribution in [-0.2, 0) is 13.6 Å². The average Bonchev–Trinajstić information content (AvgIpc) is 2.53. The molecule has 0 atom stereocenters. The lowest BCUT2D eigenvalue weighted by molar-refractivity contribution is 0.508. The second-order valence-electron chi connectivity index (χ2n) is 4.97. The number of hydrogen-bond donors (Lipinski definition) is 1. The molecule has 5 heteroatoms. The lowest BCUT2D eigenvalue weighted by Crippen LogP contribution is -2.23. The summed E-state index contributed by atoms with van der Waals surface area (Å²) in [6, 6.07) is 7.92. The molecule has 0 aliphatic rings. The van der Waals surface area contributed by atoms with Crippen LogP contribution in [0, 0.1) is 0 Å². The van der Waals surface area contributed by atoms with Crippen LogP contribution >= 0.6 is 15.9 Å². The van der Waals surface area contributed by atoms with Crippen molar-refractivity contribution in [2.75, 3.05) is 5.73 Å². The van der Waals surface area contributed by atoms with Gasteiger partial charge >= 0.3 is 0 Å². The van der Waals surface area contributed by atoms with Gasteiger partial charge in [-0.05, 0) is 23.6 Å². The van der Waals surface area contributed by atoms with Crippen molar-refractivity contribution in [1.29, 1.82) is 0 Å². The molecular weight excluding hydrogens is 306 g/mol. The van der Waals surface area contributed by atoms with Crippen molar-refractivity contribution in [1.82, 2.24) is 9.36 Å². The van der Waals surface area contributed by atoms with Gasteiger partial charge in [-0.3, -0.25) is 9.48 Å². The molecule has 0 aliphatic heterocycles. The SMILES string of the molecule is CC(C)c1c(N)c(=O)n(Cc2cccc(Br)c2)n1C. The van der Waals surface area contributed by atoms with E-state index < -0.39 is 0 Å². The molecule has 0 bridgehead atoms. The number of anilines is 1. The Morgan fingerprint density at radius 2 is 2.05 bits per heavy atom. The molecule has 0 fully saturated rings. The van der Waals surface area contributed by atoms with E-state index in [-0.39, 0.29) is 11.5 Å². The zero-order chi connectivity index (χ0) is 14.2. The fraction of sp³-hybridized carbons (Fsp3) is 0.357. The molecule has 1 aromatic carbocycles. The molecular formula is C14H18BrN3O. The molecule has 0 amide bonds. The smallest absolute Gasteiger partial charge is 0.290 e. The molecule has 2 N–H and O–H groups in total. The molecule has 2 rings (SSSR count). The van der Waals surface area contributed by atoms with E-state index in [1.54, 1.807) is 4.68 Å². The summed E-state index contributed by atoms with van der Waals surface area (Å²) in [6.45, 7) is 4.59. The standard InChI is InChI=1S/C14H18BrN3O/c1-9(2)13-12(16)14(19)18(17(13)3)8-10-5-4-6-11(15)7-10/h4-7,9H,8,16H2,1-3H3. The summed E-state index contributed by atoms with van der Waals surface area (Å²) >= 11 is 3.44. The van der Waals surface area contributed by atoms with E-state index in [0.717, 1.165) is 15.7 Å². The Hall–Kier alpha value is -1.49. The van der Waals surface area contributed by atoms with Crippen molar-refractivity contribution in [2.24, 2.45) is 7.05 Å². The van der Waals surface area contributed by atoms with Gasteiger partial charge in [0.05, 0.1) is 12.2 Å². The largest absolute Gasteiger partial charge is 0.393 e. The number of nitrogen functional groups attached to an aromatic ring is 1. The third kappa shape index (κ3) is 2.61. The van der Waals surface area contributed by atoms with Gasteiger partial charge in [0.1, 0.15) is 5.69 Å². The van der Waals surface area contributed by atoms with Crippen LogP contribution in [0.1, 0.15) is 31.0 Å². The number of nitrogens with two attached hydrogens (primary N) is 1. The maximum absolute atomic E-state index is 12.2. The van der Waals surface area contributed by atoms with Gasteiger partial charge in [-0.2, -0.15) is 0 Å². The van der Waals surface area contributed by atoms with E-state index in [9.17, 15) is 4.79 Å². The maximum atomic E-state index is 12.2. The Morgan fingerprint density at radius 1 is 1.37 bits per heavy atom. The van der Waals surface area contributed by atoms with Crippen molar-refractivity contribution >= 4 is 21.6 Å². The summed E-state index contributed by atoms with van der Waals surface area (Å²) in [5.74, 6) is 0.224. The van der Waals surface area contributed by atoms with Crippen molar-refractivity contribution in [3.8, 4) is 0 Å². The molecule has 0 unspecified atom stereocenters. The molecule has 19 heavy (non-hydrogen) atoms. The highest BCUT2D eigenvalue weighted by molar-refractivity contribution is 9.10. The van der Waals surface area contributed by atoms with Crippen LogP contribution in [0.5, 0.6) is 0 Å². The molecule has 0 aliphatic carbocycles.